The molecule has 1 aliphatic carbocycles. The lowest BCUT2D eigenvalue weighted by Gasteiger charge is -2.24. The van der Waals surface area contributed by atoms with Crippen molar-refractivity contribution in [3.63, 3.8) is 0 Å². The monoisotopic (exact) mass is 253 g/mol. The van der Waals surface area contributed by atoms with Gasteiger partial charge >= 0.3 is 0 Å². The highest BCUT2D eigenvalue weighted by Crippen LogP contribution is 2.37. The molecule has 1 saturated carbocycles. The minimum Gasteiger partial charge on any atom is -0.369 e. The van der Waals surface area contributed by atoms with Crippen molar-refractivity contribution in [3.05, 3.63) is 17.0 Å². The highest BCUT2D eigenvalue weighted by molar-refractivity contribution is 6.30. The second kappa shape index (κ2) is 5.21. The minimum absolute atomic E-state index is 0.419. The first kappa shape index (κ1) is 12.6. The lowest BCUT2D eigenvalue weighted by atomic mass is 9.89. The van der Waals surface area contributed by atoms with Crippen LogP contribution in [0.25, 0.3) is 0 Å². The van der Waals surface area contributed by atoms with Crippen LogP contribution in [0.15, 0.2) is 6.33 Å². The third-order valence-corrected chi connectivity index (χ3v) is 4.07. The Hall–Kier alpha value is -0.830. The van der Waals surface area contributed by atoms with Gasteiger partial charge in [-0.2, -0.15) is 0 Å². The molecule has 3 nitrogen and oxygen atoms in total. The van der Waals surface area contributed by atoms with Crippen LogP contribution in [0.5, 0.6) is 0 Å². The van der Waals surface area contributed by atoms with Gasteiger partial charge in [-0.3, -0.25) is 0 Å². The Kier molecular flexibility index (Phi) is 3.87. The van der Waals surface area contributed by atoms with Crippen LogP contribution in [0, 0.1) is 5.41 Å². The smallest absolute Gasteiger partial charge is 0.137 e. The van der Waals surface area contributed by atoms with Crippen molar-refractivity contribution >= 4 is 17.4 Å². The van der Waals surface area contributed by atoms with E-state index < -0.39 is 0 Å². The van der Waals surface area contributed by atoms with Gasteiger partial charge in [0.2, 0.25) is 0 Å². The molecule has 0 aliphatic heterocycles. The zero-order valence-electron chi connectivity index (χ0n) is 10.6. The molecule has 1 aromatic rings. The predicted octanol–water partition coefficient (Wildman–Crippen LogP) is 3.68. The summed E-state index contributed by atoms with van der Waals surface area (Å²) in [5, 5.41) is 4.02. The van der Waals surface area contributed by atoms with Crippen LogP contribution in [0.4, 0.5) is 5.82 Å². The van der Waals surface area contributed by atoms with E-state index in [1.165, 1.54) is 32.0 Å². The van der Waals surface area contributed by atoms with Crippen molar-refractivity contribution in [3.8, 4) is 0 Å². The maximum absolute atomic E-state index is 6.07. The summed E-state index contributed by atoms with van der Waals surface area (Å²) < 4.78 is 0. The summed E-state index contributed by atoms with van der Waals surface area (Å²) in [7, 11) is 0. The maximum Gasteiger partial charge on any atom is 0.137 e. The fourth-order valence-corrected chi connectivity index (χ4v) is 2.83. The zero-order chi connectivity index (χ0) is 12.3. The number of halogens is 1. The molecular formula is C13H20ClN3. The molecule has 0 amide bonds. The third kappa shape index (κ3) is 2.89. The van der Waals surface area contributed by atoms with Gasteiger partial charge in [0.1, 0.15) is 17.3 Å². The van der Waals surface area contributed by atoms with Crippen molar-refractivity contribution in [1.82, 2.24) is 9.97 Å². The topological polar surface area (TPSA) is 37.8 Å². The van der Waals surface area contributed by atoms with E-state index in [4.69, 9.17) is 11.6 Å². The van der Waals surface area contributed by atoms with Gasteiger partial charge in [-0.05, 0) is 24.7 Å². The van der Waals surface area contributed by atoms with Gasteiger partial charge in [0.25, 0.3) is 0 Å². The molecule has 94 valence electrons. The molecule has 1 aliphatic rings. The average molecular weight is 254 g/mol. The van der Waals surface area contributed by atoms with Crippen molar-refractivity contribution in [2.24, 2.45) is 5.41 Å². The first-order valence-electron chi connectivity index (χ1n) is 6.38. The molecule has 1 heterocycles. The van der Waals surface area contributed by atoms with Crippen LogP contribution in [0.1, 0.15) is 45.1 Å². The highest BCUT2D eigenvalue weighted by Gasteiger charge is 2.28. The second-order valence-electron chi connectivity index (χ2n) is 5.22. The fourth-order valence-electron chi connectivity index (χ4n) is 2.56. The van der Waals surface area contributed by atoms with Crippen molar-refractivity contribution < 1.29 is 0 Å². The molecule has 1 aromatic heterocycles. The van der Waals surface area contributed by atoms with Gasteiger partial charge in [-0.1, -0.05) is 38.3 Å². The summed E-state index contributed by atoms with van der Waals surface area (Å²) in [5.74, 6) is 0.903. The number of hydrogen-bond donors (Lipinski definition) is 1. The van der Waals surface area contributed by atoms with Crippen LogP contribution in [0.3, 0.4) is 0 Å². The van der Waals surface area contributed by atoms with Gasteiger partial charge in [0.05, 0.1) is 0 Å². The van der Waals surface area contributed by atoms with E-state index in [1.54, 1.807) is 0 Å². The summed E-state index contributed by atoms with van der Waals surface area (Å²) in [5.41, 5.74) is 1.44. The first-order valence-corrected chi connectivity index (χ1v) is 6.76. The normalized spacial score (nSPS) is 18.3. The Labute approximate surface area is 108 Å². The SMILES string of the molecule is CCc1c(Cl)ncnc1NCC1(C)CCCC1. The molecule has 0 spiro atoms. The Morgan fingerprint density at radius 3 is 2.71 bits per heavy atom. The molecule has 0 bridgehead atoms. The molecule has 1 fully saturated rings. The number of hydrogen-bond acceptors (Lipinski definition) is 3. The maximum atomic E-state index is 6.07. The Bertz CT molecular complexity index is 386. The third-order valence-electron chi connectivity index (χ3n) is 3.74. The Balaban J connectivity index is 2.06. The number of aromatic nitrogens is 2. The predicted molar refractivity (Wildman–Crippen MR) is 71.5 cm³/mol. The van der Waals surface area contributed by atoms with Crippen LogP contribution in [0.2, 0.25) is 5.15 Å². The van der Waals surface area contributed by atoms with Crippen molar-refractivity contribution in [2.45, 2.75) is 46.0 Å². The largest absolute Gasteiger partial charge is 0.369 e. The summed E-state index contributed by atoms with van der Waals surface area (Å²) in [6.45, 7) is 5.40. The number of rotatable bonds is 4. The summed E-state index contributed by atoms with van der Waals surface area (Å²) in [6, 6.07) is 0. The minimum atomic E-state index is 0.419. The summed E-state index contributed by atoms with van der Waals surface area (Å²) in [4.78, 5) is 8.32. The number of nitrogens with one attached hydrogen (secondary N) is 1. The van der Waals surface area contributed by atoms with Gasteiger partial charge in [0, 0.05) is 12.1 Å². The van der Waals surface area contributed by atoms with Gasteiger partial charge < -0.3 is 5.32 Å². The quantitative estimate of drug-likeness (QED) is 0.832. The van der Waals surface area contributed by atoms with Gasteiger partial charge in [-0.15, -0.1) is 0 Å². The van der Waals surface area contributed by atoms with E-state index >= 15 is 0 Å². The Morgan fingerprint density at radius 1 is 1.35 bits per heavy atom. The molecule has 1 N–H and O–H groups in total. The molecule has 0 atom stereocenters. The van der Waals surface area contributed by atoms with E-state index in [0.29, 0.717) is 10.6 Å². The molecular weight excluding hydrogens is 234 g/mol. The molecule has 4 heteroatoms. The second-order valence-corrected chi connectivity index (χ2v) is 5.57. The molecule has 0 aromatic carbocycles. The van der Waals surface area contributed by atoms with Crippen LogP contribution >= 0.6 is 11.6 Å². The Morgan fingerprint density at radius 2 is 2.06 bits per heavy atom. The number of nitrogens with zero attached hydrogens (tertiary/aromatic N) is 2. The molecule has 0 radical (unpaired) electrons. The van der Waals surface area contributed by atoms with E-state index in [9.17, 15) is 0 Å². The number of anilines is 1. The summed E-state index contributed by atoms with van der Waals surface area (Å²) >= 11 is 6.07. The van der Waals surface area contributed by atoms with Crippen LogP contribution in [-0.2, 0) is 6.42 Å². The van der Waals surface area contributed by atoms with E-state index in [1.807, 2.05) is 0 Å². The van der Waals surface area contributed by atoms with E-state index in [0.717, 1.165) is 24.3 Å². The molecule has 0 saturated heterocycles. The van der Waals surface area contributed by atoms with E-state index in [2.05, 4.69) is 29.1 Å². The summed E-state index contributed by atoms with van der Waals surface area (Å²) in [6.07, 6.45) is 7.70. The van der Waals surface area contributed by atoms with E-state index in [-0.39, 0.29) is 0 Å². The van der Waals surface area contributed by atoms with Crippen LogP contribution < -0.4 is 5.32 Å². The fraction of sp³-hybridized carbons (Fsp3) is 0.692. The lowest BCUT2D eigenvalue weighted by Crippen LogP contribution is -2.24. The van der Waals surface area contributed by atoms with Crippen molar-refractivity contribution in [2.75, 3.05) is 11.9 Å². The first-order chi connectivity index (χ1) is 8.14. The molecule has 0 unspecified atom stereocenters. The standard InChI is InChI=1S/C13H20ClN3/c1-3-10-11(14)16-9-17-12(10)15-8-13(2)6-4-5-7-13/h9H,3-8H2,1-2H3,(H,15,16,17). The zero-order valence-corrected chi connectivity index (χ0v) is 11.3. The molecule has 2 rings (SSSR count). The molecule has 17 heavy (non-hydrogen) atoms. The van der Waals surface area contributed by atoms with Crippen LogP contribution in [-0.4, -0.2) is 16.5 Å². The van der Waals surface area contributed by atoms with Gasteiger partial charge in [-0.25, -0.2) is 9.97 Å². The lowest BCUT2D eigenvalue weighted by molar-refractivity contribution is 0.361. The average Bonchev–Trinajstić information content (AvgIpc) is 2.74. The van der Waals surface area contributed by atoms with Gasteiger partial charge in [0.15, 0.2) is 0 Å². The van der Waals surface area contributed by atoms with Crippen molar-refractivity contribution in [1.29, 1.82) is 0 Å². The highest BCUT2D eigenvalue weighted by atomic mass is 35.5.